The molecule has 2 aromatic carbocycles. The van der Waals surface area contributed by atoms with Crippen LogP contribution in [0.15, 0.2) is 41.3 Å². The number of imide groups is 1. The molecule has 5 nitrogen and oxygen atoms in total. The van der Waals surface area contributed by atoms with Crippen molar-refractivity contribution in [1.29, 1.82) is 0 Å². The number of hydrogen-bond acceptors (Lipinski definition) is 5. The Labute approximate surface area is 164 Å². The van der Waals surface area contributed by atoms with Crippen molar-refractivity contribution in [3.8, 4) is 11.5 Å². The molecule has 27 heavy (non-hydrogen) atoms. The molecule has 0 spiro atoms. The van der Waals surface area contributed by atoms with Crippen molar-refractivity contribution < 1.29 is 23.5 Å². The molecule has 0 saturated carbocycles. The van der Waals surface area contributed by atoms with E-state index < -0.39 is 17.0 Å². The van der Waals surface area contributed by atoms with Gasteiger partial charge in [-0.3, -0.25) is 14.5 Å². The summed E-state index contributed by atoms with van der Waals surface area (Å²) in [4.78, 5) is 26.1. The monoisotopic (exact) mass is 407 g/mol. The highest BCUT2D eigenvalue weighted by Gasteiger charge is 2.36. The van der Waals surface area contributed by atoms with Gasteiger partial charge in [-0.15, -0.1) is 0 Å². The van der Waals surface area contributed by atoms with Gasteiger partial charge >= 0.3 is 0 Å². The van der Waals surface area contributed by atoms with E-state index in [4.69, 9.17) is 21.1 Å². The summed E-state index contributed by atoms with van der Waals surface area (Å²) in [5.74, 6) is 0.0224. The van der Waals surface area contributed by atoms with Gasteiger partial charge in [0.15, 0.2) is 0 Å². The molecule has 0 aromatic heterocycles. The number of methoxy groups -OCH3 is 2. The van der Waals surface area contributed by atoms with Gasteiger partial charge in [-0.25, -0.2) is 4.39 Å². The normalized spacial score (nSPS) is 15.6. The minimum Gasteiger partial charge on any atom is -0.497 e. The van der Waals surface area contributed by atoms with Crippen molar-refractivity contribution in [2.75, 3.05) is 14.2 Å². The lowest BCUT2D eigenvalue weighted by molar-refractivity contribution is -0.123. The third-order valence-electron chi connectivity index (χ3n) is 3.98. The van der Waals surface area contributed by atoms with Crippen molar-refractivity contribution in [3.05, 3.63) is 63.3 Å². The fraction of sp³-hybridized carbons (Fsp3) is 0.158. The van der Waals surface area contributed by atoms with Crippen molar-refractivity contribution in [2.24, 2.45) is 0 Å². The van der Waals surface area contributed by atoms with Gasteiger partial charge in [-0.2, -0.15) is 0 Å². The van der Waals surface area contributed by atoms with E-state index in [0.717, 1.165) is 16.7 Å². The van der Waals surface area contributed by atoms with Gasteiger partial charge < -0.3 is 9.47 Å². The maximum atomic E-state index is 14.0. The highest BCUT2D eigenvalue weighted by molar-refractivity contribution is 8.18. The van der Waals surface area contributed by atoms with Crippen LogP contribution >= 0.6 is 23.4 Å². The summed E-state index contributed by atoms with van der Waals surface area (Å²) in [6.45, 7) is -0.229. The lowest BCUT2D eigenvalue weighted by Gasteiger charge is -2.14. The van der Waals surface area contributed by atoms with E-state index in [9.17, 15) is 14.0 Å². The molecule has 2 amide bonds. The molecule has 3 rings (SSSR count). The number of nitrogens with zero attached hydrogens (tertiary/aromatic N) is 1. The number of rotatable bonds is 5. The Balaban J connectivity index is 1.89. The molecular weight excluding hydrogens is 393 g/mol. The quantitative estimate of drug-likeness (QED) is 0.670. The Hall–Kier alpha value is -2.51. The summed E-state index contributed by atoms with van der Waals surface area (Å²) in [5, 5.41) is -0.326. The Morgan fingerprint density at radius 3 is 2.63 bits per heavy atom. The van der Waals surface area contributed by atoms with Crippen LogP contribution in [0.2, 0.25) is 5.02 Å². The molecule has 0 radical (unpaired) electrons. The lowest BCUT2D eigenvalue weighted by atomic mass is 10.1. The number of halogens is 2. The van der Waals surface area contributed by atoms with Gasteiger partial charge in [-0.05, 0) is 42.1 Å². The SMILES string of the molecule is COc1ccc(C=C2SC(=O)N(Cc3c(F)cccc3Cl)C2=O)c(OC)c1. The van der Waals surface area contributed by atoms with Crippen LogP contribution in [0, 0.1) is 5.82 Å². The van der Waals surface area contributed by atoms with Gasteiger partial charge in [0, 0.05) is 22.2 Å². The van der Waals surface area contributed by atoms with Gasteiger partial charge in [0.1, 0.15) is 17.3 Å². The molecule has 0 unspecified atom stereocenters. The minimum absolute atomic E-state index is 0.102. The molecule has 1 aliphatic rings. The van der Waals surface area contributed by atoms with Crippen LogP contribution in [0.25, 0.3) is 6.08 Å². The summed E-state index contributed by atoms with van der Waals surface area (Å²) in [6, 6.07) is 9.33. The zero-order chi connectivity index (χ0) is 19.6. The smallest absolute Gasteiger partial charge is 0.293 e. The van der Waals surface area contributed by atoms with E-state index >= 15 is 0 Å². The second-order valence-electron chi connectivity index (χ2n) is 5.58. The topological polar surface area (TPSA) is 55.8 Å². The first-order valence-corrected chi connectivity index (χ1v) is 9.04. The number of ether oxygens (including phenoxy) is 2. The molecular formula is C19H15ClFNO4S. The second-order valence-corrected chi connectivity index (χ2v) is 6.98. The summed E-state index contributed by atoms with van der Waals surface area (Å²) < 4.78 is 24.4. The summed E-state index contributed by atoms with van der Waals surface area (Å²) in [7, 11) is 3.03. The summed E-state index contributed by atoms with van der Waals surface area (Å²) in [6.07, 6.45) is 1.56. The molecule has 0 atom stereocenters. The molecule has 0 bridgehead atoms. The highest BCUT2D eigenvalue weighted by atomic mass is 35.5. The predicted molar refractivity (Wildman–Crippen MR) is 102 cm³/mol. The molecule has 1 heterocycles. The van der Waals surface area contributed by atoms with Crippen molar-refractivity contribution in [3.63, 3.8) is 0 Å². The molecule has 8 heteroatoms. The van der Waals surface area contributed by atoms with Gasteiger partial charge in [0.25, 0.3) is 11.1 Å². The molecule has 140 valence electrons. The van der Waals surface area contributed by atoms with E-state index in [1.807, 2.05) is 0 Å². The first kappa shape index (κ1) is 19.3. The summed E-state index contributed by atoms with van der Waals surface area (Å²) >= 11 is 6.78. The number of carbonyl (C=O) groups is 2. The molecule has 0 N–H and O–H groups in total. The van der Waals surface area contributed by atoms with E-state index in [2.05, 4.69) is 0 Å². The average molecular weight is 408 g/mol. The van der Waals surface area contributed by atoms with Crippen LogP contribution in [0.4, 0.5) is 9.18 Å². The first-order chi connectivity index (χ1) is 12.9. The van der Waals surface area contributed by atoms with E-state index in [1.165, 1.54) is 32.4 Å². The van der Waals surface area contributed by atoms with Crippen LogP contribution in [-0.4, -0.2) is 30.3 Å². The van der Waals surface area contributed by atoms with Crippen LogP contribution in [0.5, 0.6) is 11.5 Å². The Morgan fingerprint density at radius 2 is 1.96 bits per heavy atom. The Morgan fingerprint density at radius 1 is 1.19 bits per heavy atom. The number of carbonyl (C=O) groups excluding carboxylic acids is 2. The Kier molecular flexibility index (Phi) is 5.72. The average Bonchev–Trinajstić information content (AvgIpc) is 2.92. The van der Waals surface area contributed by atoms with E-state index in [0.29, 0.717) is 17.1 Å². The second kappa shape index (κ2) is 8.02. The molecule has 1 aliphatic heterocycles. The van der Waals surface area contributed by atoms with Crippen LogP contribution < -0.4 is 9.47 Å². The van der Waals surface area contributed by atoms with E-state index in [-0.39, 0.29) is 22.0 Å². The minimum atomic E-state index is -0.567. The zero-order valence-corrected chi connectivity index (χ0v) is 16.1. The maximum Gasteiger partial charge on any atom is 0.293 e. The van der Waals surface area contributed by atoms with Crippen LogP contribution in [0.1, 0.15) is 11.1 Å². The number of hydrogen-bond donors (Lipinski definition) is 0. The number of amides is 2. The van der Waals surface area contributed by atoms with Crippen LogP contribution in [-0.2, 0) is 11.3 Å². The molecule has 0 aliphatic carbocycles. The third-order valence-corrected chi connectivity index (χ3v) is 5.24. The molecule has 2 aromatic rings. The number of benzene rings is 2. The van der Waals surface area contributed by atoms with E-state index in [1.54, 1.807) is 24.3 Å². The van der Waals surface area contributed by atoms with Gasteiger partial charge in [0.2, 0.25) is 0 Å². The lowest BCUT2D eigenvalue weighted by Crippen LogP contribution is -2.28. The predicted octanol–water partition coefficient (Wildman–Crippen LogP) is 4.73. The highest BCUT2D eigenvalue weighted by Crippen LogP contribution is 2.36. The van der Waals surface area contributed by atoms with Crippen molar-refractivity contribution in [2.45, 2.75) is 6.54 Å². The van der Waals surface area contributed by atoms with Crippen molar-refractivity contribution in [1.82, 2.24) is 4.90 Å². The number of thioether (sulfide) groups is 1. The molecule has 1 fully saturated rings. The maximum absolute atomic E-state index is 14.0. The zero-order valence-electron chi connectivity index (χ0n) is 14.5. The Bertz CT molecular complexity index is 927. The first-order valence-electron chi connectivity index (χ1n) is 7.85. The van der Waals surface area contributed by atoms with Crippen molar-refractivity contribution >= 4 is 40.6 Å². The third kappa shape index (κ3) is 3.94. The fourth-order valence-corrected chi connectivity index (χ4v) is 3.61. The standard InChI is InChI=1S/C19H15ClFNO4S/c1-25-12-7-6-11(16(9-12)26-2)8-17-18(23)22(19(24)27-17)10-13-14(20)4-3-5-15(13)21/h3-9H,10H2,1-2H3. The van der Waals surface area contributed by atoms with Gasteiger partial charge in [0.05, 0.1) is 25.7 Å². The largest absolute Gasteiger partial charge is 0.497 e. The summed E-state index contributed by atoms with van der Waals surface area (Å²) in [5.41, 5.74) is 0.720. The molecule has 1 saturated heterocycles. The van der Waals surface area contributed by atoms with Gasteiger partial charge in [-0.1, -0.05) is 17.7 Å². The van der Waals surface area contributed by atoms with Crippen LogP contribution in [0.3, 0.4) is 0 Å². The fourth-order valence-electron chi connectivity index (χ4n) is 2.56.